The van der Waals surface area contributed by atoms with E-state index in [1.54, 1.807) is 43.4 Å². The maximum absolute atomic E-state index is 12.5. The molecule has 0 spiro atoms. The number of likely N-dealkylation sites (N-methyl/N-ethyl adjacent to an activating group) is 1. The predicted octanol–water partition coefficient (Wildman–Crippen LogP) is 2.54. The molecule has 2 aromatic carbocycles. The van der Waals surface area contributed by atoms with Crippen molar-refractivity contribution in [2.45, 2.75) is 18.9 Å². The van der Waals surface area contributed by atoms with Gasteiger partial charge < -0.3 is 10.2 Å². The number of nitrogens with zero attached hydrogens (tertiary/aromatic N) is 2. The Kier molecular flexibility index (Phi) is 4.97. The second kappa shape index (κ2) is 7.35. The molecule has 0 unspecified atom stereocenters. The highest BCUT2D eigenvalue weighted by molar-refractivity contribution is 6.09. The SMILES string of the molecule is CN(CC(=O)NC1CC1)c1ccc(C(=O)c2ccccc2)cc1[N+](=O)[O-]. The fourth-order valence-corrected chi connectivity index (χ4v) is 2.69. The summed E-state index contributed by atoms with van der Waals surface area (Å²) in [7, 11) is 1.62. The molecular weight excluding hydrogens is 334 g/mol. The number of benzene rings is 2. The van der Waals surface area contributed by atoms with Gasteiger partial charge in [0.05, 0.1) is 11.5 Å². The lowest BCUT2D eigenvalue weighted by molar-refractivity contribution is -0.384. The largest absolute Gasteiger partial charge is 0.360 e. The average Bonchev–Trinajstić information content (AvgIpc) is 3.45. The topological polar surface area (TPSA) is 92.6 Å². The van der Waals surface area contributed by atoms with Gasteiger partial charge in [-0.2, -0.15) is 0 Å². The van der Waals surface area contributed by atoms with Crippen LogP contribution in [-0.4, -0.2) is 36.2 Å². The third-order valence-corrected chi connectivity index (χ3v) is 4.20. The molecule has 1 aliphatic carbocycles. The molecule has 2 aromatic rings. The molecule has 26 heavy (non-hydrogen) atoms. The summed E-state index contributed by atoms with van der Waals surface area (Å²) in [5.41, 5.74) is 0.799. The lowest BCUT2D eigenvalue weighted by Crippen LogP contribution is -2.36. The van der Waals surface area contributed by atoms with Crippen LogP contribution in [0, 0.1) is 10.1 Å². The van der Waals surface area contributed by atoms with E-state index in [2.05, 4.69) is 5.32 Å². The number of carbonyl (C=O) groups is 2. The summed E-state index contributed by atoms with van der Waals surface area (Å²) in [5.74, 6) is -0.455. The maximum Gasteiger partial charge on any atom is 0.293 e. The van der Waals surface area contributed by atoms with Gasteiger partial charge in [-0.05, 0) is 25.0 Å². The quantitative estimate of drug-likeness (QED) is 0.469. The molecule has 1 saturated carbocycles. The number of carbonyl (C=O) groups excluding carboxylic acids is 2. The second-order valence-corrected chi connectivity index (χ2v) is 6.35. The number of nitro groups is 1. The van der Waals surface area contributed by atoms with E-state index in [9.17, 15) is 19.7 Å². The Balaban J connectivity index is 1.83. The molecule has 1 fully saturated rings. The van der Waals surface area contributed by atoms with Crippen molar-refractivity contribution in [3.05, 3.63) is 69.8 Å². The lowest BCUT2D eigenvalue weighted by atomic mass is 10.0. The zero-order valence-electron chi connectivity index (χ0n) is 14.3. The van der Waals surface area contributed by atoms with E-state index in [-0.39, 0.29) is 35.5 Å². The second-order valence-electron chi connectivity index (χ2n) is 6.35. The van der Waals surface area contributed by atoms with Crippen LogP contribution in [0.3, 0.4) is 0 Å². The Bertz CT molecular complexity index is 847. The number of rotatable bonds is 7. The third kappa shape index (κ3) is 4.05. The van der Waals surface area contributed by atoms with E-state index < -0.39 is 4.92 Å². The van der Waals surface area contributed by atoms with Gasteiger partial charge in [0, 0.05) is 30.3 Å². The van der Waals surface area contributed by atoms with E-state index >= 15 is 0 Å². The third-order valence-electron chi connectivity index (χ3n) is 4.20. The molecule has 0 aliphatic heterocycles. The van der Waals surface area contributed by atoms with Gasteiger partial charge in [0.1, 0.15) is 5.69 Å². The van der Waals surface area contributed by atoms with E-state index in [0.717, 1.165) is 12.8 Å². The summed E-state index contributed by atoms with van der Waals surface area (Å²) >= 11 is 0. The molecule has 0 radical (unpaired) electrons. The molecule has 7 heteroatoms. The first-order valence-corrected chi connectivity index (χ1v) is 8.34. The predicted molar refractivity (Wildman–Crippen MR) is 97.4 cm³/mol. The number of anilines is 1. The summed E-state index contributed by atoms with van der Waals surface area (Å²) in [5, 5.41) is 14.3. The Morgan fingerprint density at radius 2 is 1.85 bits per heavy atom. The summed E-state index contributed by atoms with van der Waals surface area (Å²) in [6.07, 6.45) is 1.96. The maximum atomic E-state index is 12.5. The Labute approximate surface area is 150 Å². The summed E-state index contributed by atoms with van der Waals surface area (Å²) in [6.45, 7) is 0.0172. The van der Waals surface area contributed by atoms with E-state index in [0.29, 0.717) is 11.3 Å². The van der Waals surface area contributed by atoms with Crippen LogP contribution in [0.4, 0.5) is 11.4 Å². The Morgan fingerprint density at radius 3 is 2.46 bits per heavy atom. The van der Waals surface area contributed by atoms with Gasteiger partial charge in [-0.3, -0.25) is 19.7 Å². The number of nitrogens with one attached hydrogen (secondary N) is 1. The minimum absolute atomic E-state index is 0.0172. The van der Waals surface area contributed by atoms with Gasteiger partial charge in [-0.15, -0.1) is 0 Å². The first-order chi connectivity index (χ1) is 12.5. The van der Waals surface area contributed by atoms with Crippen molar-refractivity contribution in [3.8, 4) is 0 Å². The van der Waals surface area contributed by atoms with Crippen LogP contribution in [0.25, 0.3) is 0 Å². The molecule has 0 heterocycles. The number of hydrogen-bond donors (Lipinski definition) is 1. The normalized spacial score (nSPS) is 13.1. The molecule has 134 valence electrons. The molecule has 0 bridgehead atoms. The Hall–Kier alpha value is -3.22. The van der Waals surface area contributed by atoms with Gasteiger partial charge >= 0.3 is 0 Å². The van der Waals surface area contributed by atoms with E-state index in [4.69, 9.17) is 0 Å². The molecule has 1 N–H and O–H groups in total. The molecule has 1 amide bonds. The molecule has 0 aromatic heterocycles. The molecule has 1 aliphatic rings. The smallest absolute Gasteiger partial charge is 0.293 e. The van der Waals surface area contributed by atoms with E-state index in [1.807, 2.05) is 0 Å². The van der Waals surface area contributed by atoms with Crippen LogP contribution in [0.15, 0.2) is 48.5 Å². The highest BCUT2D eigenvalue weighted by Crippen LogP contribution is 2.29. The molecular formula is C19H19N3O4. The lowest BCUT2D eigenvalue weighted by Gasteiger charge is -2.19. The van der Waals surface area contributed by atoms with Crippen LogP contribution < -0.4 is 10.2 Å². The summed E-state index contributed by atoms with van der Waals surface area (Å²) < 4.78 is 0. The van der Waals surface area contributed by atoms with Gasteiger partial charge in [-0.1, -0.05) is 30.3 Å². The fraction of sp³-hybridized carbons (Fsp3) is 0.263. The summed E-state index contributed by atoms with van der Waals surface area (Å²) in [6, 6.07) is 13.2. The van der Waals surface area contributed by atoms with Crippen molar-refractivity contribution < 1.29 is 14.5 Å². The van der Waals surface area contributed by atoms with Crippen molar-refractivity contribution in [3.63, 3.8) is 0 Å². The number of amides is 1. The Morgan fingerprint density at radius 1 is 1.15 bits per heavy atom. The van der Waals surface area contributed by atoms with Crippen LogP contribution in [-0.2, 0) is 4.79 Å². The minimum atomic E-state index is -0.535. The van der Waals surface area contributed by atoms with Gasteiger partial charge in [0.15, 0.2) is 5.78 Å². The first-order valence-electron chi connectivity index (χ1n) is 8.34. The van der Waals surface area contributed by atoms with Crippen LogP contribution >= 0.6 is 0 Å². The highest BCUT2D eigenvalue weighted by Gasteiger charge is 2.25. The van der Waals surface area contributed by atoms with Crippen molar-refractivity contribution >= 4 is 23.1 Å². The van der Waals surface area contributed by atoms with Crippen LogP contribution in [0.1, 0.15) is 28.8 Å². The van der Waals surface area contributed by atoms with Crippen molar-refractivity contribution in [1.29, 1.82) is 0 Å². The zero-order chi connectivity index (χ0) is 18.7. The number of hydrogen-bond acceptors (Lipinski definition) is 5. The first kappa shape index (κ1) is 17.6. The van der Waals surface area contributed by atoms with Crippen LogP contribution in [0.2, 0.25) is 0 Å². The fourth-order valence-electron chi connectivity index (χ4n) is 2.69. The molecule has 3 rings (SSSR count). The molecule has 0 saturated heterocycles. The van der Waals surface area contributed by atoms with Gasteiger partial charge in [0.2, 0.25) is 5.91 Å². The molecule has 7 nitrogen and oxygen atoms in total. The zero-order valence-corrected chi connectivity index (χ0v) is 14.3. The minimum Gasteiger partial charge on any atom is -0.360 e. The van der Waals surface area contributed by atoms with Crippen molar-refractivity contribution in [1.82, 2.24) is 5.32 Å². The average molecular weight is 353 g/mol. The summed E-state index contributed by atoms with van der Waals surface area (Å²) in [4.78, 5) is 36.9. The van der Waals surface area contributed by atoms with Gasteiger partial charge in [-0.25, -0.2) is 0 Å². The monoisotopic (exact) mass is 353 g/mol. The van der Waals surface area contributed by atoms with Crippen molar-refractivity contribution in [2.75, 3.05) is 18.5 Å². The van der Waals surface area contributed by atoms with E-state index in [1.165, 1.54) is 17.0 Å². The number of nitro benzene ring substituents is 1. The standard InChI is InChI=1S/C19H19N3O4/c1-21(12-18(23)20-15-8-9-15)16-10-7-14(11-17(16)22(25)26)19(24)13-5-3-2-4-6-13/h2-7,10-11,15H,8-9,12H2,1H3,(H,20,23). The highest BCUT2D eigenvalue weighted by atomic mass is 16.6. The number of ketones is 1. The van der Waals surface area contributed by atoms with Crippen LogP contribution in [0.5, 0.6) is 0 Å². The van der Waals surface area contributed by atoms with Gasteiger partial charge in [0.25, 0.3) is 5.69 Å². The van der Waals surface area contributed by atoms with Crippen molar-refractivity contribution in [2.24, 2.45) is 0 Å². The molecule has 0 atom stereocenters.